The number of aromatic nitrogens is 5. The predicted octanol–water partition coefficient (Wildman–Crippen LogP) is 4.51. The number of hydrogen-bond donors (Lipinski definition) is 0. The Bertz CT molecular complexity index is 1240. The number of carbonyl (C=O) groups is 1. The molecule has 6 rings (SSSR count). The molecule has 0 bridgehead atoms. The molecule has 1 saturated carbocycles. The molecule has 1 saturated heterocycles. The van der Waals surface area contributed by atoms with E-state index in [1.54, 1.807) is 6.20 Å². The third-order valence-corrected chi connectivity index (χ3v) is 8.52. The van der Waals surface area contributed by atoms with Gasteiger partial charge in [0.1, 0.15) is 5.78 Å². The zero-order valence-corrected chi connectivity index (χ0v) is 19.9. The Labute approximate surface area is 197 Å². The standard InChI is InChI=1S/C24H29ClN6O2/c1-14-17(8-6-12-30(14)2)31-23-16(21(25)28-31)13-26-22(27-23)19-15-7-5-11-24(20(15)33-29-19)10-4-3-9-18(24)32/h13-14,17H,3-12H2,1-2H3/t14-,17-,24-/m1/s1. The Hall–Kier alpha value is -2.32. The number of ketones is 1. The van der Waals surface area contributed by atoms with Gasteiger partial charge in [-0.15, -0.1) is 0 Å². The minimum atomic E-state index is -0.506. The van der Waals surface area contributed by atoms with E-state index in [-0.39, 0.29) is 6.04 Å². The van der Waals surface area contributed by atoms with Crippen molar-refractivity contribution in [3.8, 4) is 11.5 Å². The van der Waals surface area contributed by atoms with Gasteiger partial charge in [-0.2, -0.15) is 5.10 Å². The second-order valence-electron chi connectivity index (χ2n) is 10.0. The van der Waals surface area contributed by atoms with E-state index in [1.807, 2.05) is 4.68 Å². The van der Waals surface area contributed by atoms with Crippen LogP contribution in [0.15, 0.2) is 10.7 Å². The molecule has 8 nitrogen and oxygen atoms in total. The smallest absolute Gasteiger partial charge is 0.184 e. The highest BCUT2D eigenvalue weighted by Gasteiger charge is 2.48. The number of hydrogen-bond acceptors (Lipinski definition) is 7. The summed E-state index contributed by atoms with van der Waals surface area (Å²) in [4.78, 5) is 24.8. The number of halogens is 1. The van der Waals surface area contributed by atoms with Crippen LogP contribution in [-0.2, 0) is 16.6 Å². The van der Waals surface area contributed by atoms with Gasteiger partial charge in [-0.05, 0) is 65.5 Å². The van der Waals surface area contributed by atoms with E-state index in [9.17, 15) is 4.79 Å². The van der Waals surface area contributed by atoms with Gasteiger partial charge in [-0.25, -0.2) is 14.6 Å². The molecule has 9 heteroatoms. The number of Topliss-reactive ketones (excluding diaryl/α,β-unsaturated/α-hetero) is 1. The van der Waals surface area contributed by atoms with Gasteiger partial charge in [0.05, 0.1) is 16.8 Å². The number of piperidine rings is 1. The lowest BCUT2D eigenvalue weighted by molar-refractivity contribution is -0.128. The molecular weight excluding hydrogens is 440 g/mol. The number of fused-ring (bicyclic) bond motifs is 3. The fraction of sp³-hybridized carbons (Fsp3) is 0.625. The van der Waals surface area contributed by atoms with Crippen molar-refractivity contribution >= 4 is 28.4 Å². The van der Waals surface area contributed by atoms with Crippen LogP contribution in [0, 0.1) is 0 Å². The number of carbonyl (C=O) groups excluding carboxylic acids is 1. The maximum Gasteiger partial charge on any atom is 0.184 e. The summed E-state index contributed by atoms with van der Waals surface area (Å²) in [5.74, 6) is 1.57. The summed E-state index contributed by atoms with van der Waals surface area (Å²) < 4.78 is 7.87. The van der Waals surface area contributed by atoms with Crippen molar-refractivity contribution in [3.63, 3.8) is 0 Å². The van der Waals surface area contributed by atoms with Crippen LogP contribution in [-0.4, -0.2) is 55.2 Å². The second kappa shape index (κ2) is 7.87. The van der Waals surface area contributed by atoms with E-state index in [4.69, 9.17) is 21.1 Å². The molecule has 3 atom stereocenters. The van der Waals surface area contributed by atoms with Crippen LogP contribution in [0.5, 0.6) is 0 Å². The van der Waals surface area contributed by atoms with E-state index in [1.165, 1.54) is 0 Å². The molecule has 2 aliphatic carbocycles. The second-order valence-corrected chi connectivity index (χ2v) is 10.4. The molecule has 0 unspecified atom stereocenters. The fourth-order valence-electron chi connectivity index (χ4n) is 6.22. The maximum atomic E-state index is 13.0. The summed E-state index contributed by atoms with van der Waals surface area (Å²) in [6.45, 7) is 3.30. The van der Waals surface area contributed by atoms with Crippen molar-refractivity contribution in [1.29, 1.82) is 0 Å². The molecule has 0 aromatic carbocycles. The first kappa shape index (κ1) is 21.2. The van der Waals surface area contributed by atoms with Gasteiger partial charge >= 0.3 is 0 Å². The van der Waals surface area contributed by atoms with Crippen LogP contribution in [0.4, 0.5) is 0 Å². The zero-order valence-electron chi connectivity index (χ0n) is 19.2. The Morgan fingerprint density at radius 1 is 1.18 bits per heavy atom. The molecule has 0 N–H and O–H groups in total. The van der Waals surface area contributed by atoms with Crippen LogP contribution >= 0.6 is 11.6 Å². The normalized spacial score (nSPS) is 28.5. The van der Waals surface area contributed by atoms with Gasteiger partial charge < -0.3 is 9.42 Å². The summed E-state index contributed by atoms with van der Waals surface area (Å²) in [6, 6.07) is 0.518. The molecule has 33 heavy (non-hydrogen) atoms. The summed E-state index contributed by atoms with van der Waals surface area (Å²) in [7, 11) is 2.15. The van der Waals surface area contributed by atoms with Crippen LogP contribution in [0.3, 0.4) is 0 Å². The molecule has 3 aliphatic rings. The average Bonchev–Trinajstić information content (AvgIpc) is 3.40. The first-order valence-electron chi connectivity index (χ1n) is 12.1. The highest BCUT2D eigenvalue weighted by molar-refractivity contribution is 6.34. The molecule has 3 aromatic heterocycles. The molecule has 1 aliphatic heterocycles. The van der Waals surface area contributed by atoms with Crippen molar-refractivity contribution in [3.05, 3.63) is 22.7 Å². The fourth-order valence-corrected chi connectivity index (χ4v) is 6.43. The van der Waals surface area contributed by atoms with Crippen LogP contribution in [0.25, 0.3) is 22.6 Å². The van der Waals surface area contributed by atoms with Crippen LogP contribution < -0.4 is 0 Å². The molecule has 2 fully saturated rings. The minimum Gasteiger partial charge on any atom is -0.359 e. The first-order chi connectivity index (χ1) is 16.0. The van der Waals surface area contributed by atoms with Crippen molar-refractivity contribution in [2.45, 2.75) is 82.2 Å². The third-order valence-electron chi connectivity index (χ3n) is 8.24. The van der Waals surface area contributed by atoms with E-state index in [0.29, 0.717) is 34.9 Å². The van der Waals surface area contributed by atoms with Crippen molar-refractivity contribution < 1.29 is 9.32 Å². The van der Waals surface area contributed by atoms with Gasteiger partial charge in [-0.3, -0.25) is 4.79 Å². The summed E-state index contributed by atoms with van der Waals surface area (Å²) in [6.07, 6.45) is 10.0. The van der Waals surface area contributed by atoms with Crippen molar-refractivity contribution in [2.24, 2.45) is 0 Å². The van der Waals surface area contributed by atoms with Gasteiger partial charge in [-0.1, -0.05) is 23.2 Å². The van der Waals surface area contributed by atoms with E-state index in [0.717, 1.165) is 80.3 Å². The Morgan fingerprint density at radius 3 is 2.88 bits per heavy atom. The molecule has 1 spiro atoms. The van der Waals surface area contributed by atoms with Gasteiger partial charge in [0.25, 0.3) is 0 Å². The zero-order chi connectivity index (χ0) is 22.7. The SMILES string of the molecule is C[C@@H]1[C@H](n2nc(Cl)c3cnc(-c4noc5c4CCC[C@@]54CCCCC4=O)nc32)CCCN1C. The molecule has 0 amide bonds. The number of likely N-dealkylation sites (N-methyl/N-ethyl adjacent to an activating group) is 1. The lowest BCUT2D eigenvalue weighted by Gasteiger charge is -2.37. The summed E-state index contributed by atoms with van der Waals surface area (Å²) in [5, 5.41) is 10.2. The lowest BCUT2D eigenvalue weighted by Crippen LogP contribution is -2.42. The largest absolute Gasteiger partial charge is 0.359 e. The lowest BCUT2D eigenvalue weighted by atomic mass is 9.64. The first-order valence-corrected chi connectivity index (χ1v) is 12.5. The van der Waals surface area contributed by atoms with Crippen LogP contribution in [0.1, 0.15) is 75.7 Å². The predicted molar refractivity (Wildman–Crippen MR) is 124 cm³/mol. The quantitative estimate of drug-likeness (QED) is 0.546. The Morgan fingerprint density at radius 2 is 2.03 bits per heavy atom. The number of nitrogens with zero attached hydrogens (tertiary/aromatic N) is 6. The van der Waals surface area contributed by atoms with Gasteiger partial charge in [0.15, 0.2) is 28.1 Å². The third kappa shape index (κ3) is 3.17. The van der Waals surface area contributed by atoms with E-state index < -0.39 is 5.41 Å². The topological polar surface area (TPSA) is 89.9 Å². The van der Waals surface area contributed by atoms with Crippen LogP contribution in [0.2, 0.25) is 5.15 Å². The number of rotatable bonds is 2. The van der Waals surface area contributed by atoms with Crippen molar-refractivity contribution in [2.75, 3.05) is 13.6 Å². The molecular formula is C24H29ClN6O2. The molecule has 0 radical (unpaired) electrons. The van der Waals surface area contributed by atoms with E-state index >= 15 is 0 Å². The van der Waals surface area contributed by atoms with Gasteiger partial charge in [0.2, 0.25) is 0 Å². The van der Waals surface area contributed by atoms with E-state index in [2.05, 4.69) is 34.1 Å². The summed E-state index contributed by atoms with van der Waals surface area (Å²) >= 11 is 6.49. The highest BCUT2D eigenvalue weighted by atomic mass is 35.5. The average molecular weight is 469 g/mol. The monoisotopic (exact) mass is 468 g/mol. The van der Waals surface area contributed by atoms with Crippen molar-refractivity contribution in [1.82, 2.24) is 29.8 Å². The molecule has 4 heterocycles. The molecule has 3 aromatic rings. The summed E-state index contributed by atoms with van der Waals surface area (Å²) in [5.41, 5.74) is 1.88. The minimum absolute atomic E-state index is 0.191. The number of likely N-dealkylation sites (tertiary alicyclic amines) is 1. The Kier molecular flexibility index (Phi) is 5.07. The van der Waals surface area contributed by atoms with Gasteiger partial charge in [0, 0.05) is 24.2 Å². The maximum absolute atomic E-state index is 13.0. The molecule has 174 valence electrons. The Balaban J connectivity index is 1.45. The highest BCUT2D eigenvalue weighted by Crippen LogP contribution is 2.47.